The quantitative estimate of drug-likeness (QED) is 0.815. The molecule has 21 heavy (non-hydrogen) atoms. The molecule has 0 bridgehead atoms. The van der Waals surface area contributed by atoms with E-state index in [0.29, 0.717) is 5.92 Å². The third-order valence-electron chi connectivity index (χ3n) is 3.51. The van der Waals surface area contributed by atoms with E-state index >= 15 is 0 Å². The third-order valence-corrected chi connectivity index (χ3v) is 3.51. The van der Waals surface area contributed by atoms with Crippen LogP contribution in [-0.4, -0.2) is 13.7 Å². The second-order valence-electron chi connectivity index (χ2n) is 5.74. The lowest BCUT2D eigenvalue weighted by Crippen LogP contribution is -2.26. The fraction of sp³-hybridized carbons (Fsp3) is 0.368. The molecular weight excluding hydrogens is 258 g/mol. The van der Waals surface area contributed by atoms with Gasteiger partial charge in [0.25, 0.3) is 0 Å². The van der Waals surface area contributed by atoms with Crippen LogP contribution in [0.2, 0.25) is 0 Å². The second kappa shape index (κ2) is 7.96. The average Bonchev–Trinajstić information content (AvgIpc) is 2.53. The summed E-state index contributed by atoms with van der Waals surface area (Å²) in [6.45, 7) is 5.11. The number of hydrogen-bond donors (Lipinski definition) is 1. The van der Waals surface area contributed by atoms with Gasteiger partial charge in [0.1, 0.15) is 6.10 Å². The van der Waals surface area contributed by atoms with E-state index < -0.39 is 0 Å². The van der Waals surface area contributed by atoms with Crippen molar-refractivity contribution in [1.29, 1.82) is 0 Å². The molecule has 2 aromatic rings. The van der Waals surface area contributed by atoms with Crippen LogP contribution >= 0.6 is 0 Å². The highest BCUT2D eigenvalue weighted by molar-refractivity contribution is 5.26. The monoisotopic (exact) mass is 283 g/mol. The molecule has 0 spiro atoms. The van der Waals surface area contributed by atoms with Crippen molar-refractivity contribution in [1.82, 2.24) is 5.32 Å². The summed E-state index contributed by atoms with van der Waals surface area (Å²) in [6.07, 6.45) is 0.0148. The summed E-state index contributed by atoms with van der Waals surface area (Å²) in [7, 11) is 1.99. The summed E-state index contributed by atoms with van der Waals surface area (Å²) in [6, 6.07) is 21.1. The Bertz CT molecular complexity index is 510. The number of ether oxygens (including phenoxy) is 1. The summed E-state index contributed by atoms with van der Waals surface area (Å²) in [5.74, 6) is 0.518. The van der Waals surface area contributed by atoms with E-state index in [4.69, 9.17) is 4.74 Å². The number of nitrogens with one attached hydrogen (secondary N) is 1. The Kier molecular flexibility index (Phi) is 5.97. The van der Waals surface area contributed by atoms with Crippen LogP contribution in [0.5, 0.6) is 0 Å². The van der Waals surface area contributed by atoms with Gasteiger partial charge in [-0.05, 0) is 24.1 Å². The molecule has 2 unspecified atom stereocenters. The molecule has 0 saturated carbocycles. The maximum atomic E-state index is 6.23. The molecule has 2 aromatic carbocycles. The summed E-state index contributed by atoms with van der Waals surface area (Å²) < 4.78 is 6.23. The van der Waals surface area contributed by atoms with Gasteiger partial charge in [0.15, 0.2) is 0 Å². The van der Waals surface area contributed by atoms with Crippen LogP contribution in [0.15, 0.2) is 60.7 Å². The average molecular weight is 283 g/mol. The summed E-state index contributed by atoms with van der Waals surface area (Å²) in [5, 5.41) is 3.42. The lowest BCUT2D eigenvalue weighted by Gasteiger charge is -2.28. The molecule has 2 heteroatoms. The Balaban J connectivity index is 2.28. The third kappa shape index (κ3) is 4.42. The Morgan fingerprint density at radius 3 is 1.86 bits per heavy atom. The first-order valence-electron chi connectivity index (χ1n) is 7.61. The van der Waals surface area contributed by atoms with Crippen molar-refractivity contribution >= 4 is 0 Å². The molecule has 112 valence electrons. The lowest BCUT2D eigenvalue weighted by atomic mass is 9.95. The van der Waals surface area contributed by atoms with Crippen LogP contribution in [0.3, 0.4) is 0 Å². The van der Waals surface area contributed by atoms with E-state index in [1.807, 2.05) is 19.2 Å². The van der Waals surface area contributed by atoms with Crippen LogP contribution in [0, 0.1) is 5.92 Å². The first kappa shape index (κ1) is 15.7. The minimum atomic E-state index is 0.0148. The van der Waals surface area contributed by atoms with Crippen molar-refractivity contribution in [3.63, 3.8) is 0 Å². The molecule has 0 heterocycles. The normalized spacial score (nSPS) is 14.1. The zero-order chi connectivity index (χ0) is 15.1. The summed E-state index contributed by atoms with van der Waals surface area (Å²) in [5.41, 5.74) is 2.46. The smallest absolute Gasteiger partial charge is 0.102 e. The zero-order valence-corrected chi connectivity index (χ0v) is 13.1. The van der Waals surface area contributed by atoms with Gasteiger partial charge in [-0.15, -0.1) is 0 Å². The van der Waals surface area contributed by atoms with Gasteiger partial charge in [-0.1, -0.05) is 74.5 Å². The first-order chi connectivity index (χ1) is 10.2. The molecule has 0 fully saturated rings. The minimum absolute atomic E-state index is 0.0148. The Morgan fingerprint density at radius 1 is 0.857 bits per heavy atom. The Hall–Kier alpha value is -1.64. The van der Waals surface area contributed by atoms with Crippen molar-refractivity contribution < 1.29 is 4.74 Å². The van der Waals surface area contributed by atoms with Crippen LogP contribution in [-0.2, 0) is 4.74 Å². The molecule has 2 atom stereocenters. The maximum Gasteiger partial charge on any atom is 0.102 e. The lowest BCUT2D eigenvalue weighted by molar-refractivity contribution is 0.0110. The molecule has 0 amide bonds. The number of benzene rings is 2. The van der Waals surface area contributed by atoms with E-state index in [0.717, 1.165) is 6.61 Å². The fourth-order valence-electron chi connectivity index (χ4n) is 2.48. The molecule has 0 aliphatic carbocycles. The topological polar surface area (TPSA) is 21.3 Å². The van der Waals surface area contributed by atoms with Gasteiger partial charge in [-0.25, -0.2) is 0 Å². The maximum absolute atomic E-state index is 6.23. The van der Waals surface area contributed by atoms with Crippen molar-refractivity contribution in [2.24, 2.45) is 5.92 Å². The second-order valence-corrected chi connectivity index (χ2v) is 5.74. The standard InChI is InChI=1S/C19H25NO/c1-15(2)14-21-19(17-12-8-5-9-13-17)18(20-3)16-10-6-4-7-11-16/h4-13,15,18-20H,14H2,1-3H3. The number of rotatable bonds is 7. The van der Waals surface area contributed by atoms with E-state index in [9.17, 15) is 0 Å². The zero-order valence-electron chi connectivity index (χ0n) is 13.1. The van der Waals surface area contributed by atoms with E-state index in [-0.39, 0.29) is 12.1 Å². The molecular formula is C19H25NO. The number of hydrogen-bond acceptors (Lipinski definition) is 2. The van der Waals surface area contributed by atoms with Crippen LogP contribution in [0.1, 0.15) is 37.1 Å². The van der Waals surface area contributed by atoms with E-state index in [2.05, 4.69) is 67.7 Å². The van der Waals surface area contributed by atoms with Crippen molar-refractivity contribution in [3.8, 4) is 0 Å². The predicted octanol–water partition coefficient (Wildman–Crippen LogP) is 4.36. The summed E-state index contributed by atoms with van der Waals surface area (Å²) >= 11 is 0. The molecule has 0 saturated heterocycles. The van der Waals surface area contributed by atoms with Gasteiger partial charge in [0.2, 0.25) is 0 Å². The highest BCUT2D eigenvalue weighted by atomic mass is 16.5. The van der Waals surface area contributed by atoms with Gasteiger partial charge in [0, 0.05) is 6.61 Å². The highest BCUT2D eigenvalue weighted by Gasteiger charge is 2.24. The van der Waals surface area contributed by atoms with Gasteiger partial charge >= 0.3 is 0 Å². The van der Waals surface area contributed by atoms with Crippen molar-refractivity contribution in [2.75, 3.05) is 13.7 Å². The largest absolute Gasteiger partial charge is 0.371 e. The van der Waals surface area contributed by atoms with Gasteiger partial charge < -0.3 is 10.1 Å². The van der Waals surface area contributed by atoms with Crippen LogP contribution < -0.4 is 5.32 Å². The Morgan fingerprint density at radius 2 is 1.38 bits per heavy atom. The van der Waals surface area contributed by atoms with E-state index in [1.54, 1.807) is 0 Å². The fourth-order valence-corrected chi connectivity index (χ4v) is 2.48. The first-order valence-corrected chi connectivity index (χ1v) is 7.61. The summed E-state index contributed by atoms with van der Waals surface area (Å²) in [4.78, 5) is 0. The van der Waals surface area contributed by atoms with Crippen LogP contribution in [0.25, 0.3) is 0 Å². The molecule has 2 nitrogen and oxygen atoms in total. The SMILES string of the molecule is CNC(c1ccccc1)C(OCC(C)C)c1ccccc1. The van der Waals surface area contributed by atoms with E-state index in [1.165, 1.54) is 11.1 Å². The minimum Gasteiger partial charge on any atom is -0.371 e. The van der Waals surface area contributed by atoms with Gasteiger partial charge in [0.05, 0.1) is 6.04 Å². The molecule has 0 aliphatic rings. The van der Waals surface area contributed by atoms with Crippen molar-refractivity contribution in [2.45, 2.75) is 26.0 Å². The molecule has 2 rings (SSSR count). The molecule has 0 aromatic heterocycles. The van der Waals surface area contributed by atoms with Gasteiger partial charge in [-0.3, -0.25) is 0 Å². The number of likely N-dealkylation sites (N-methyl/N-ethyl adjacent to an activating group) is 1. The molecule has 1 N–H and O–H groups in total. The van der Waals surface area contributed by atoms with Gasteiger partial charge in [-0.2, -0.15) is 0 Å². The molecule has 0 aliphatic heterocycles. The highest BCUT2D eigenvalue weighted by Crippen LogP contribution is 2.32. The molecule has 0 radical (unpaired) electrons. The Labute approximate surface area is 128 Å². The predicted molar refractivity (Wildman–Crippen MR) is 88.2 cm³/mol. The van der Waals surface area contributed by atoms with Crippen LogP contribution in [0.4, 0.5) is 0 Å². The van der Waals surface area contributed by atoms with Crippen molar-refractivity contribution in [3.05, 3.63) is 71.8 Å².